The normalized spacial score (nSPS) is 10.1. The second-order valence-electron chi connectivity index (χ2n) is 4.17. The van der Waals surface area contributed by atoms with Crippen LogP contribution >= 0.6 is 0 Å². The van der Waals surface area contributed by atoms with Gasteiger partial charge in [-0.1, -0.05) is 12.1 Å². The zero-order valence-electron chi connectivity index (χ0n) is 10.3. The number of aromatic nitrogens is 2. The van der Waals surface area contributed by atoms with E-state index in [1.165, 1.54) is 6.92 Å². The van der Waals surface area contributed by atoms with Crippen molar-refractivity contribution in [3.05, 3.63) is 53.1 Å². The Balaban J connectivity index is 2.23. The number of hydrogen-bond donors (Lipinski definition) is 0. The summed E-state index contributed by atoms with van der Waals surface area (Å²) >= 11 is 0. The quantitative estimate of drug-likeness (QED) is 0.770. The summed E-state index contributed by atoms with van der Waals surface area (Å²) in [5, 5.41) is 8.73. The Kier molecular flexibility index (Phi) is 3.24. The van der Waals surface area contributed by atoms with Gasteiger partial charge in [-0.2, -0.15) is 5.26 Å². The van der Waals surface area contributed by atoms with Crippen LogP contribution in [-0.2, 0) is 13.5 Å². The summed E-state index contributed by atoms with van der Waals surface area (Å²) in [4.78, 5) is 15.4. The van der Waals surface area contributed by atoms with Gasteiger partial charge in [-0.25, -0.2) is 4.98 Å². The first-order valence-electron chi connectivity index (χ1n) is 5.62. The summed E-state index contributed by atoms with van der Waals surface area (Å²) in [7, 11) is 1.84. The Labute approximate surface area is 106 Å². The summed E-state index contributed by atoms with van der Waals surface area (Å²) < 4.78 is 1.81. The second-order valence-corrected chi connectivity index (χ2v) is 4.17. The number of hydrogen-bond acceptors (Lipinski definition) is 3. The molecule has 0 radical (unpaired) electrons. The van der Waals surface area contributed by atoms with Gasteiger partial charge in [0, 0.05) is 32.3 Å². The number of ketones is 1. The lowest BCUT2D eigenvalue weighted by Gasteiger charge is -2.04. The van der Waals surface area contributed by atoms with E-state index in [1.54, 1.807) is 22.9 Å². The van der Waals surface area contributed by atoms with E-state index in [1.807, 2.05) is 19.2 Å². The molecule has 1 heterocycles. The molecule has 2 aromatic rings. The molecule has 90 valence electrons. The van der Waals surface area contributed by atoms with Crippen molar-refractivity contribution in [2.75, 3.05) is 0 Å². The molecule has 0 aliphatic rings. The van der Waals surface area contributed by atoms with Gasteiger partial charge in [0.2, 0.25) is 0 Å². The van der Waals surface area contributed by atoms with Gasteiger partial charge in [-0.05, 0) is 17.7 Å². The number of imidazole rings is 1. The number of rotatable bonds is 3. The predicted molar refractivity (Wildman–Crippen MR) is 67.2 cm³/mol. The minimum Gasteiger partial charge on any atom is -0.328 e. The lowest BCUT2D eigenvalue weighted by molar-refractivity contribution is 0.100. The fourth-order valence-corrected chi connectivity index (χ4v) is 1.84. The van der Waals surface area contributed by atoms with Gasteiger partial charge in [0.15, 0.2) is 11.6 Å². The van der Waals surface area contributed by atoms with E-state index in [4.69, 9.17) is 5.26 Å². The zero-order valence-corrected chi connectivity index (χ0v) is 10.3. The number of Topliss-reactive ketones (excluding diaryl/α,β-unsaturated/α-hetero) is 1. The Hall–Kier alpha value is -2.41. The van der Waals surface area contributed by atoms with Crippen molar-refractivity contribution < 1.29 is 4.79 Å². The lowest BCUT2D eigenvalue weighted by atomic mass is 10.1. The van der Waals surface area contributed by atoms with E-state index in [0.717, 1.165) is 11.3 Å². The summed E-state index contributed by atoms with van der Waals surface area (Å²) in [5.74, 6) is 0.433. The molecule has 1 aromatic carbocycles. The molecule has 1 aromatic heterocycles. The molecule has 0 unspecified atom stereocenters. The maximum absolute atomic E-state index is 11.3. The highest BCUT2D eigenvalue weighted by atomic mass is 16.1. The van der Waals surface area contributed by atoms with Gasteiger partial charge < -0.3 is 4.57 Å². The maximum atomic E-state index is 11.3. The van der Waals surface area contributed by atoms with E-state index in [-0.39, 0.29) is 5.78 Å². The third-order valence-corrected chi connectivity index (χ3v) is 2.87. The molecule has 0 amide bonds. The molecular weight excluding hydrogens is 226 g/mol. The van der Waals surface area contributed by atoms with Crippen LogP contribution in [0.25, 0.3) is 0 Å². The van der Waals surface area contributed by atoms with Crippen LogP contribution in [0, 0.1) is 11.3 Å². The molecule has 0 bridgehead atoms. The van der Waals surface area contributed by atoms with Gasteiger partial charge in [0.1, 0.15) is 0 Å². The van der Waals surface area contributed by atoms with Crippen LogP contribution in [0.15, 0.2) is 30.5 Å². The molecule has 2 rings (SSSR count). The number of benzene rings is 1. The van der Waals surface area contributed by atoms with Gasteiger partial charge in [-0.15, -0.1) is 0 Å². The van der Waals surface area contributed by atoms with E-state index < -0.39 is 0 Å². The number of nitrogens with zero attached hydrogens (tertiary/aromatic N) is 3. The highest BCUT2D eigenvalue weighted by Gasteiger charge is 2.10. The highest BCUT2D eigenvalue weighted by molar-refractivity contribution is 5.90. The van der Waals surface area contributed by atoms with Crippen molar-refractivity contribution in [3.63, 3.8) is 0 Å². The minimum atomic E-state index is -0.0384. The second kappa shape index (κ2) is 4.84. The Morgan fingerprint density at radius 2 is 2.06 bits per heavy atom. The van der Waals surface area contributed by atoms with Crippen molar-refractivity contribution in [1.82, 2.24) is 9.55 Å². The first-order chi connectivity index (χ1) is 8.61. The molecule has 0 spiro atoms. The summed E-state index contributed by atoms with van der Waals surface area (Å²) in [6.07, 6.45) is 2.41. The van der Waals surface area contributed by atoms with Crippen LogP contribution in [-0.4, -0.2) is 15.3 Å². The topological polar surface area (TPSA) is 58.7 Å². The van der Waals surface area contributed by atoms with Crippen LogP contribution < -0.4 is 0 Å². The molecular formula is C14H13N3O. The molecule has 18 heavy (non-hydrogen) atoms. The van der Waals surface area contributed by atoms with Crippen molar-refractivity contribution in [1.29, 1.82) is 5.26 Å². The minimum absolute atomic E-state index is 0.0384. The van der Waals surface area contributed by atoms with Gasteiger partial charge in [0.05, 0.1) is 11.6 Å². The molecule has 4 heteroatoms. The Morgan fingerprint density at radius 1 is 1.39 bits per heavy atom. The first kappa shape index (κ1) is 12.1. The molecule has 0 N–H and O–H groups in total. The molecule has 0 atom stereocenters. The van der Waals surface area contributed by atoms with Gasteiger partial charge >= 0.3 is 0 Å². The van der Waals surface area contributed by atoms with Gasteiger partial charge in [-0.3, -0.25) is 4.79 Å². The van der Waals surface area contributed by atoms with Gasteiger partial charge in [0.25, 0.3) is 0 Å². The van der Waals surface area contributed by atoms with E-state index in [2.05, 4.69) is 11.1 Å². The van der Waals surface area contributed by atoms with Crippen LogP contribution in [0.2, 0.25) is 0 Å². The summed E-state index contributed by atoms with van der Waals surface area (Å²) in [5.41, 5.74) is 2.71. The maximum Gasteiger partial charge on any atom is 0.195 e. The summed E-state index contributed by atoms with van der Waals surface area (Å²) in [6, 6.07) is 9.50. The van der Waals surface area contributed by atoms with Crippen LogP contribution in [0.3, 0.4) is 0 Å². The highest BCUT2D eigenvalue weighted by Crippen LogP contribution is 2.12. The van der Waals surface area contributed by atoms with E-state index >= 15 is 0 Å². The van der Waals surface area contributed by atoms with Crippen molar-refractivity contribution in [3.8, 4) is 6.07 Å². The molecule has 0 saturated heterocycles. The largest absolute Gasteiger partial charge is 0.328 e. The fourth-order valence-electron chi connectivity index (χ4n) is 1.84. The SMILES string of the molecule is CC(=O)c1ncc(Cc2ccc(C#N)cc2)n1C. The third kappa shape index (κ3) is 2.30. The number of nitriles is 1. The first-order valence-corrected chi connectivity index (χ1v) is 5.62. The molecule has 0 fully saturated rings. The van der Waals surface area contributed by atoms with Crippen LogP contribution in [0.5, 0.6) is 0 Å². The van der Waals surface area contributed by atoms with E-state index in [0.29, 0.717) is 17.8 Å². The average Bonchev–Trinajstić information content (AvgIpc) is 2.72. The zero-order chi connectivity index (χ0) is 13.1. The van der Waals surface area contributed by atoms with Crippen LogP contribution in [0.4, 0.5) is 0 Å². The lowest BCUT2D eigenvalue weighted by Crippen LogP contribution is -2.06. The standard InChI is InChI=1S/C14H13N3O/c1-10(18)14-16-9-13(17(14)2)7-11-3-5-12(8-15)6-4-11/h3-6,9H,7H2,1-2H3. The average molecular weight is 239 g/mol. The summed E-state index contributed by atoms with van der Waals surface area (Å²) in [6.45, 7) is 1.51. The van der Waals surface area contributed by atoms with E-state index in [9.17, 15) is 4.79 Å². The predicted octanol–water partition coefficient (Wildman–Crippen LogP) is 2.09. The van der Waals surface area contributed by atoms with Crippen molar-refractivity contribution in [2.24, 2.45) is 7.05 Å². The fraction of sp³-hybridized carbons (Fsp3) is 0.214. The smallest absolute Gasteiger partial charge is 0.195 e. The number of carbonyl (C=O) groups is 1. The Bertz CT molecular complexity index is 617. The van der Waals surface area contributed by atoms with Crippen molar-refractivity contribution >= 4 is 5.78 Å². The molecule has 0 aliphatic heterocycles. The molecule has 4 nitrogen and oxygen atoms in total. The molecule has 0 saturated carbocycles. The molecule has 0 aliphatic carbocycles. The third-order valence-electron chi connectivity index (χ3n) is 2.87. The number of carbonyl (C=O) groups excluding carboxylic acids is 1. The van der Waals surface area contributed by atoms with Crippen molar-refractivity contribution in [2.45, 2.75) is 13.3 Å². The van der Waals surface area contributed by atoms with Crippen LogP contribution in [0.1, 0.15) is 34.4 Å². The Morgan fingerprint density at radius 3 is 2.56 bits per heavy atom. The monoisotopic (exact) mass is 239 g/mol.